The average Bonchev–Trinajstić information content (AvgIpc) is 2.87. The molecule has 0 bridgehead atoms. The number of rotatable bonds is 10. The van der Waals surface area contributed by atoms with Gasteiger partial charge in [0.2, 0.25) is 0 Å². The van der Waals surface area contributed by atoms with Crippen molar-refractivity contribution in [3.05, 3.63) is 30.3 Å². The van der Waals surface area contributed by atoms with Gasteiger partial charge in [0, 0.05) is 33.0 Å². The summed E-state index contributed by atoms with van der Waals surface area (Å²) in [4.78, 5) is 25.2. The SMILES string of the molecule is CO[C@H]1[C@H](OC)[C@H](O[C@H]2[C@@H](OC(C)=O)[C@@H](Sc3ccccc3)OC[C@H]2OC(C)=O)O[C@H](C)[C@H]1O[Si](C)(C)C(C)(C)C. The second kappa shape index (κ2) is 14.3. The molecule has 10 nitrogen and oxygen atoms in total. The first-order chi connectivity index (χ1) is 19.2. The van der Waals surface area contributed by atoms with Crippen LogP contribution in [0.5, 0.6) is 0 Å². The molecule has 2 saturated heterocycles. The van der Waals surface area contributed by atoms with E-state index in [1.54, 1.807) is 14.2 Å². The molecule has 0 unspecified atom stereocenters. The molecule has 0 N–H and O–H groups in total. The Morgan fingerprint density at radius 3 is 2.05 bits per heavy atom. The van der Waals surface area contributed by atoms with Gasteiger partial charge < -0.3 is 37.6 Å². The van der Waals surface area contributed by atoms with Crippen molar-refractivity contribution in [2.24, 2.45) is 0 Å². The van der Waals surface area contributed by atoms with Crippen molar-refractivity contribution in [3.8, 4) is 0 Å². The molecule has 12 heteroatoms. The van der Waals surface area contributed by atoms with E-state index in [1.165, 1.54) is 25.6 Å². The van der Waals surface area contributed by atoms with E-state index in [-0.39, 0.29) is 11.6 Å². The summed E-state index contributed by atoms with van der Waals surface area (Å²) in [5.41, 5.74) is -0.631. The minimum atomic E-state index is -2.19. The van der Waals surface area contributed by atoms with Gasteiger partial charge >= 0.3 is 11.9 Å². The zero-order valence-corrected chi connectivity index (χ0v) is 27.6. The molecular weight excluding hydrogens is 568 g/mol. The predicted octanol–water partition coefficient (Wildman–Crippen LogP) is 4.55. The Labute approximate surface area is 249 Å². The van der Waals surface area contributed by atoms with Crippen molar-refractivity contribution < 1.29 is 47.2 Å². The molecule has 2 aliphatic rings. The molecule has 0 radical (unpaired) electrons. The van der Waals surface area contributed by atoms with E-state index in [0.717, 1.165) is 4.90 Å². The van der Waals surface area contributed by atoms with Crippen LogP contribution in [0.3, 0.4) is 0 Å². The largest absolute Gasteiger partial charge is 0.457 e. The van der Waals surface area contributed by atoms with Crippen LogP contribution in [0.4, 0.5) is 0 Å². The predicted molar refractivity (Wildman–Crippen MR) is 156 cm³/mol. The first-order valence-electron chi connectivity index (χ1n) is 13.9. The first-order valence-corrected chi connectivity index (χ1v) is 17.7. The fourth-order valence-corrected chi connectivity index (χ4v) is 7.14. The molecule has 2 fully saturated rings. The van der Waals surface area contributed by atoms with Gasteiger partial charge in [0.1, 0.15) is 23.7 Å². The minimum Gasteiger partial charge on any atom is -0.457 e. The van der Waals surface area contributed by atoms with Crippen LogP contribution in [0, 0.1) is 0 Å². The number of hydrogen-bond acceptors (Lipinski definition) is 11. The summed E-state index contributed by atoms with van der Waals surface area (Å²) in [5, 5.41) is -0.0248. The Balaban J connectivity index is 1.92. The molecule has 0 aliphatic carbocycles. The number of benzene rings is 1. The van der Waals surface area contributed by atoms with Gasteiger partial charge in [-0.1, -0.05) is 50.7 Å². The topological polar surface area (TPSA) is 108 Å². The Morgan fingerprint density at radius 2 is 1.51 bits per heavy atom. The quantitative estimate of drug-likeness (QED) is 0.274. The summed E-state index contributed by atoms with van der Waals surface area (Å²) in [6.45, 7) is 15.5. The highest BCUT2D eigenvalue weighted by molar-refractivity contribution is 7.99. The van der Waals surface area contributed by atoms with Gasteiger partial charge in [0.25, 0.3) is 0 Å². The zero-order valence-electron chi connectivity index (χ0n) is 25.8. The minimum absolute atomic E-state index is 0.0248. The van der Waals surface area contributed by atoms with Gasteiger partial charge in [0.15, 0.2) is 26.8 Å². The molecule has 0 spiro atoms. The van der Waals surface area contributed by atoms with E-state index >= 15 is 0 Å². The van der Waals surface area contributed by atoms with E-state index in [9.17, 15) is 9.59 Å². The van der Waals surface area contributed by atoms with Crippen molar-refractivity contribution in [1.29, 1.82) is 0 Å². The number of carbonyl (C=O) groups excluding carboxylic acids is 2. The summed E-state index contributed by atoms with van der Waals surface area (Å²) in [5.74, 6) is -1.03. The number of methoxy groups -OCH3 is 2. The average molecular weight is 615 g/mol. The molecule has 2 aliphatic heterocycles. The van der Waals surface area contributed by atoms with Crippen molar-refractivity contribution in [1.82, 2.24) is 0 Å². The summed E-state index contributed by atoms with van der Waals surface area (Å²) < 4.78 is 49.0. The van der Waals surface area contributed by atoms with Gasteiger partial charge in [-0.05, 0) is 37.2 Å². The Bertz CT molecular complexity index is 1000. The molecule has 2 heterocycles. The third-order valence-electron chi connectivity index (χ3n) is 7.80. The first kappa shape index (κ1) is 34.0. The van der Waals surface area contributed by atoms with Crippen LogP contribution < -0.4 is 0 Å². The zero-order chi connectivity index (χ0) is 30.5. The molecule has 3 rings (SSSR count). The second-order valence-electron chi connectivity index (χ2n) is 11.9. The number of thioether (sulfide) groups is 1. The number of esters is 2. The maximum absolute atomic E-state index is 12.3. The van der Waals surface area contributed by atoms with Crippen molar-refractivity contribution in [2.75, 3.05) is 20.8 Å². The van der Waals surface area contributed by atoms with Crippen LogP contribution in [0.2, 0.25) is 18.1 Å². The molecule has 9 atom stereocenters. The van der Waals surface area contributed by atoms with Crippen molar-refractivity contribution in [2.45, 2.75) is 119 Å². The van der Waals surface area contributed by atoms with E-state index in [1.807, 2.05) is 37.3 Å². The van der Waals surface area contributed by atoms with E-state index in [2.05, 4.69) is 33.9 Å². The van der Waals surface area contributed by atoms with Crippen LogP contribution in [0.25, 0.3) is 0 Å². The Morgan fingerprint density at radius 1 is 0.902 bits per heavy atom. The normalized spacial score (nSPS) is 32.8. The lowest BCUT2D eigenvalue weighted by Crippen LogP contribution is -2.65. The Kier molecular flexibility index (Phi) is 11.9. The number of carbonyl (C=O) groups is 2. The highest BCUT2D eigenvalue weighted by Gasteiger charge is 2.53. The maximum Gasteiger partial charge on any atom is 0.303 e. The fourth-order valence-electron chi connectivity index (χ4n) is 4.71. The van der Waals surface area contributed by atoms with Gasteiger partial charge in [-0.3, -0.25) is 9.59 Å². The van der Waals surface area contributed by atoms with Crippen LogP contribution in [0.1, 0.15) is 41.5 Å². The Hall–Kier alpha value is -1.51. The van der Waals surface area contributed by atoms with Gasteiger partial charge in [-0.2, -0.15) is 0 Å². The third kappa shape index (κ3) is 8.53. The van der Waals surface area contributed by atoms with Gasteiger partial charge in [-0.25, -0.2) is 0 Å². The lowest BCUT2D eigenvalue weighted by Gasteiger charge is -2.50. The van der Waals surface area contributed by atoms with Crippen LogP contribution in [0.15, 0.2) is 35.2 Å². The summed E-state index contributed by atoms with van der Waals surface area (Å²) in [6.07, 6.45) is -5.67. The number of hydrogen-bond donors (Lipinski definition) is 0. The fraction of sp³-hybridized carbons (Fsp3) is 0.724. The van der Waals surface area contributed by atoms with E-state index < -0.39 is 74.7 Å². The maximum atomic E-state index is 12.3. The standard InChI is InChI=1S/C29H46O10SSi/c1-17-22(39-41(9,10)29(4,5)6)24(32-7)25(33-8)27(35-17)38-23-21(36-18(2)30)16-34-28(26(23)37-19(3)31)40-20-14-12-11-13-15-20/h11-15,17,21-28H,16H2,1-10H3/t17-,21-,22-,23-,24-,25+,26-,27+,28-/m1/s1. The summed E-state index contributed by atoms with van der Waals surface area (Å²) in [6, 6.07) is 9.61. The summed E-state index contributed by atoms with van der Waals surface area (Å²) in [7, 11) is 0.971. The highest BCUT2D eigenvalue weighted by Crippen LogP contribution is 2.41. The molecule has 232 valence electrons. The van der Waals surface area contributed by atoms with Crippen molar-refractivity contribution in [3.63, 3.8) is 0 Å². The molecule has 1 aromatic rings. The summed E-state index contributed by atoms with van der Waals surface area (Å²) >= 11 is 1.39. The molecular formula is C29H46O10SSi. The van der Waals surface area contributed by atoms with Crippen LogP contribution in [-0.4, -0.2) is 95.5 Å². The molecule has 0 saturated carbocycles. The highest BCUT2D eigenvalue weighted by atomic mass is 32.2. The van der Waals surface area contributed by atoms with Gasteiger partial charge in [-0.15, -0.1) is 0 Å². The van der Waals surface area contributed by atoms with Crippen LogP contribution >= 0.6 is 11.8 Å². The molecule has 0 amide bonds. The van der Waals surface area contributed by atoms with Gasteiger partial charge in [0.05, 0.1) is 18.8 Å². The lowest BCUT2D eigenvalue weighted by molar-refractivity contribution is -0.331. The third-order valence-corrected chi connectivity index (χ3v) is 13.5. The lowest BCUT2D eigenvalue weighted by atomic mass is 9.98. The molecule has 41 heavy (non-hydrogen) atoms. The molecule has 1 aromatic carbocycles. The van der Waals surface area contributed by atoms with E-state index in [4.69, 9.17) is 37.6 Å². The van der Waals surface area contributed by atoms with Crippen LogP contribution in [-0.2, 0) is 47.2 Å². The number of ether oxygens (including phenoxy) is 7. The monoisotopic (exact) mass is 614 g/mol. The second-order valence-corrected chi connectivity index (χ2v) is 17.8. The molecule has 0 aromatic heterocycles. The van der Waals surface area contributed by atoms with E-state index in [0.29, 0.717) is 0 Å². The van der Waals surface area contributed by atoms with Crippen molar-refractivity contribution >= 4 is 32.0 Å². The smallest absolute Gasteiger partial charge is 0.303 e.